The van der Waals surface area contributed by atoms with E-state index in [0.29, 0.717) is 22.7 Å². The minimum Gasteiger partial charge on any atom is -0.497 e. The van der Waals surface area contributed by atoms with Gasteiger partial charge in [0.25, 0.3) is 5.91 Å². The number of hydrogen-bond acceptors (Lipinski definition) is 6. The van der Waals surface area contributed by atoms with Gasteiger partial charge in [-0.05, 0) is 42.5 Å². The number of fused-ring (bicyclic) bond motifs is 1. The number of nitrogens with one attached hydrogen (secondary N) is 2. The highest BCUT2D eigenvalue weighted by Gasteiger charge is 2.11. The maximum atomic E-state index is 12.3. The van der Waals surface area contributed by atoms with E-state index in [0.717, 1.165) is 14.6 Å². The van der Waals surface area contributed by atoms with Crippen molar-refractivity contribution in [2.75, 3.05) is 23.5 Å². The van der Waals surface area contributed by atoms with Gasteiger partial charge in [0.05, 0.1) is 23.1 Å². The number of hydrogen-bond donors (Lipinski definition) is 2. The van der Waals surface area contributed by atoms with Crippen LogP contribution in [-0.2, 0) is 4.79 Å². The summed E-state index contributed by atoms with van der Waals surface area (Å²) in [6.45, 7) is 0. The van der Waals surface area contributed by atoms with Crippen LogP contribution in [0.25, 0.3) is 10.2 Å². The quantitative estimate of drug-likeness (QED) is 0.375. The van der Waals surface area contributed by atoms with Gasteiger partial charge in [-0.2, -0.15) is 0 Å². The van der Waals surface area contributed by atoms with Crippen LogP contribution >= 0.6 is 23.1 Å². The number of ether oxygens (including phenoxy) is 1. The molecule has 2 N–H and O–H groups in total. The van der Waals surface area contributed by atoms with E-state index in [-0.39, 0.29) is 17.6 Å². The van der Waals surface area contributed by atoms with Crippen LogP contribution in [0.4, 0.5) is 11.4 Å². The number of amides is 2. The van der Waals surface area contributed by atoms with Gasteiger partial charge in [-0.15, -0.1) is 11.3 Å². The molecule has 0 spiro atoms. The lowest BCUT2D eigenvalue weighted by Crippen LogP contribution is -2.13. The number of nitrogens with zero attached hydrogens (tertiary/aromatic N) is 1. The molecular weight excluding hydrogens is 430 g/mol. The Balaban J connectivity index is 1.37. The Kier molecular flexibility index (Phi) is 6.49. The first-order chi connectivity index (χ1) is 15.1. The largest absolute Gasteiger partial charge is 0.497 e. The Morgan fingerprint density at radius 3 is 2.58 bits per heavy atom. The molecule has 0 aliphatic carbocycles. The zero-order chi connectivity index (χ0) is 21.6. The van der Waals surface area contributed by atoms with Gasteiger partial charge in [-0.25, -0.2) is 4.98 Å². The molecule has 31 heavy (non-hydrogen) atoms. The van der Waals surface area contributed by atoms with E-state index >= 15 is 0 Å². The molecule has 0 saturated carbocycles. The van der Waals surface area contributed by atoms with Crippen LogP contribution < -0.4 is 15.4 Å². The molecule has 0 fully saturated rings. The molecular formula is C23H19N3O3S2. The van der Waals surface area contributed by atoms with Crippen LogP contribution in [0.2, 0.25) is 0 Å². The number of carbonyl (C=O) groups excluding carboxylic acids is 2. The van der Waals surface area contributed by atoms with Crippen LogP contribution in [0.5, 0.6) is 5.75 Å². The monoisotopic (exact) mass is 449 g/mol. The molecule has 0 atom stereocenters. The first-order valence-corrected chi connectivity index (χ1v) is 11.2. The minimum absolute atomic E-state index is 0.117. The number of methoxy groups -OCH3 is 1. The lowest BCUT2D eigenvalue weighted by molar-refractivity contribution is -0.113. The summed E-state index contributed by atoms with van der Waals surface area (Å²) in [6.07, 6.45) is 0. The molecule has 1 heterocycles. The Morgan fingerprint density at radius 2 is 1.77 bits per heavy atom. The molecule has 4 aromatic rings. The van der Waals surface area contributed by atoms with Crippen LogP contribution in [0.1, 0.15) is 10.4 Å². The van der Waals surface area contributed by atoms with Gasteiger partial charge in [0.2, 0.25) is 5.91 Å². The van der Waals surface area contributed by atoms with Gasteiger partial charge in [-0.1, -0.05) is 36.0 Å². The smallest absolute Gasteiger partial charge is 0.255 e. The number of aromatic nitrogens is 1. The predicted molar refractivity (Wildman–Crippen MR) is 126 cm³/mol. The number of benzene rings is 3. The highest BCUT2D eigenvalue weighted by atomic mass is 32.2. The molecule has 0 aliphatic heterocycles. The third-order valence-corrected chi connectivity index (χ3v) is 6.50. The fourth-order valence-corrected chi connectivity index (χ4v) is 4.77. The number of thioether (sulfide) groups is 1. The van der Waals surface area contributed by atoms with Crippen molar-refractivity contribution in [3.05, 3.63) is 78.4 Å². The second-order valence-electron chi connectivity index (χ2n) is 6.55. The molecule has 0 aliphatic rings. The molecule has 4 rings (SSSR count). The molecule has 2 amide bonds. The third-order valence-electron chi connectivity index (χ3n) is 4.34. The van der Waals surface area contributed by atoms with Gasteiger partial charge in [0, 0.05) is 23.0 Å². The van der Waals surface area contributed by atoms with E-state index in [1.807, 2.05) is 54.6 Å². The standard InChI is InChI=1S/C23H19N3O3S2/c1-29-18-9-5-8-16(12-18)24-21(27)14-30-23-26-19-11-10-17(13-20(19)31-23)25-22(28)15-6-3-2-4-7-15/h2-13H,14H2,1H3,(H,24,27)(H,25,28). The summed E-state index contributed by atoms with van der Waals surface area (Å²) in [6, 6.07) is 21.9. The minimum atomic E-state index is -0.159. The SMILES string of the molecule is COc1cccc(NC(=O)CSc2nc3ccc(NC(=O)c4ccccc4)cc3s2)c1. The fraction of sp³-hybridized carbons (Fsp3) is 0.0870. The van der Waals surface area contributed by atoms with E-state index in [4.69, 9.17) is 4.74 Å². The number of thiazole rings is 1. The van der Waals surface area contributed by atoms with Crippen molar-refractivity contribution in [1.29, 1.82) is 0 Å². The Morgan fingerprint density at radius 1 is 0.968 bits per heavy atom. The summed E-state index contributed by atoms with van der Waals surface area (Å²) >= 11 is 2.87. The predicted octanol–water partition coefficient (Wildman–Crippen LogP) is 5.29. The molecule has 0 saturated heterocycles. The molecule has 0 unspecified atom stereocenters. The molecule has 156 valence electrons. The molecule has 0 bridgehead atoms. The molecule has 0 radical (unpaired) electrons. The Hall–Kier alpha value is -3.36. The average Bonchev–Trinajstić information content (AvgIpc) is 3.20. The van der Waals surface area contributed by atoms with E-state index < -0.39 is 0 Å². The highest BCUT2D eigenvalue weighted by molar-refractivity contribution is 8.01. The van der Waals surface area contributed by atoms with Gasteiger partial charge >= 0.3 is 0 Å². The van der Waals surface area contributed by atoms with Crippen LogP contribution in [0.3, 0.4) is 0 Å². The molecule has 1 aromatic heterocycles. The highest BCUT2D eigenvalue weighted by Crippen LogP contribution is 2.31. The summed E-state index contributed by atoms with van der Waals surface area (Å²) < 4.78 is 6.91. The lowest BCUT2D eigenvalue weighted by atomic mass is 10.2. The van der Waals surface area contributed by atoms with Crippen LogP contribution in [0, 0.1) is 0 Å². The summed E-state index contributed by atoms with van der Waals surface area (Å²) in [5.41, 5.74) is 2.83. The van der Waals surface area contributed by atoms with Crippen molar-refractivity contribution in [3.63, 3.8) is 0 Å². The fourth-order valence-electron chi connectivity index (χ4n) is 2.86. The van der Waals surface area contributed by atoms with Crippen molar-refractivity contribution in [1.82, 2.24) is 4.98 Å². The van der Waals surface area contributed by atoms with Gasteiger partial charge in [0.1, 0.15) is 5.75 Å². The van der Waals surface area contributed by atoms with Crippen LogP contribution in [0.15, 0.2) is 77.1 Å². The second kappa shape index (κ2) is 9.63. The van der Waals surface area contributed by atoms with Crippen molar-refractivity contribution in [2.45, 2.75) is 4.34 Å². The topological polar surface area (TPSA) is 80.3 Å². The summed E-state index contributed by atoms with van der Waals surface area (Å²) in [5, 5.41) is 5.76. The third kappa shape index (κ3) is 5.42. The van der Waals surface area contributed by atoms with E-state index in [1.165, 1.54) is 23.1 Å². The van der Waals surface area contributed by atoms with Gasteiger partial charge in [0.15, 0.2) is 4.34 Å². The second-order valence-corrected chi connectivity index (χ2v) is 8.80. The maximum absolute atomic E-state index is 12.3. The lowest BCUT2D eigenvalue weighted by Gasteiger charge is -2.06. The van der Waals surface area contributed by atoms with Crippen molar-refractivity contribution < 1.29 is 14.3 Å². The Bertz CT molecular complexity index is 1230. The van der Waals surface area contributed by atoms with E-state index in [1.54, 1.807) is 25.3 Å². The molecule has 6 nitrogen and oxygen atoms in total. The zero-order valence-electron chi connectivity index (χ0n) is 16.6. The first kappa shape index (κ1) is 20.9. The summed E-state index contributed by atoms with van der Waals surface area (Å²) in [7, 11) is 1.59. The first-order valence-electron chi connectivity index (χ1n) is 9.44. The maximum Gasteiger partial charge on any atom is 0.255 e. The van der Waals surface area contributed by atoms with Gasteiger partial charge < -0.3 is 15.4 Å². The molecule has 3 aromatic carbocycles. The van der Waals surface area contributed by atoms with Crippen molar-refractivity contribution in [2.24, 2.45) is 0 Å². The summed E-state index contributed by atoms with van der Waals surface area (Å²) in [4.78, 5) is 29.2. The number of rotatable bonds is 7. The van der Waals surface area contributed by atoms with Crippen molar-refractivity contribution in [3.8, 4) is 5.75 Å². The van der Waals surface area contributed by atoms with E-state index in [9.17, 15) is 9.59 Å². The van der Waals surface area contributed by atoms with Crippen molar-refractivity contribution >= 4 is 56.5 Å². The number of carbonyl (C=O) groups is 2. The Labute approximate surface area is 187 Å². The van der Waals surface area contributed by atoms with E-state index in [2.05, 4.69) is 15.6 Å². The normalized spacial score (nSPS) is 10.6. The summed E-state index contributed by atoms with van der Waals surface area (Å²) in [5.74, 6) is 0.655. The number of anilines is 2. The van der Waals surface area contributed by atoms with Gasteiger partial charge in [-0.3, -0.25) is 9.59 Å². The van der Waals surface area contributed by atoms with Crippen LogP contribution in [-0.4, -0.2) is 29.7 Å². The average molecular weight is 450 g/mol. The zero-order valence-corrected chi connectivity index (χ0v) is 18.3. The molecule has 8 heteroatoms.